The number of aryl methyl sites for hydroxylation is 1. The number of benzene rings is 1. The molecule has 86 valence electrons. The Morgan fingerprint density at radius 3 is 2.69 bits per heavy atom. The van der Waals surface area contributed by atoms with Gasteiger partial charge in [0.05, 0.1) is 4.92 Å². The lowest BCUT2D eigenvalue weighted by Crippen LogP contribution is -2.29. The zero-order valence-corrected chi connectivity index (χ0v) is 9.62. The van der Waals surface area contributed by atoms with Crippen molar-refractivity contribution >= 4 is 5.69 Å². The van der Waals surface area contributed by atoms with Crippen molar-refractivity contribution < 1.29 is 4.92 Å². The van der Waals surface area contributed by atoms with Crippen molar-refractivity contribution in [2.75, 3.05) is 7.05 Å². The molecule has 0 atom stereocenters. The quantitative estimate of drug-likeness (QED) is 0.625. The number of nitro groups is 1. The van der Waals surface area contributed by atoms with Crippen molar-refractivity contribution in [1.29, 1.82) is 0 Å². The molecule has 0 aliphatic heterocycles. The van der Waals surface area contributed by atoms with Gasteiger partial charge in [0.1, 0.15) is 0 Å². The van der Waals surface area contributed by atoms with E-state index in [2.05, 4.69) is 5.32 Å². The molecular formula is C12H16N2O2. The first kappa shape index (κ1) is 11.1. The summed E-state index contributed by atoms with van der Waals surface area (Å²) in [6.07, 6.45) is 3.20. The molecule has 2 rings (SSSR count). The molecule has 0 bridgehead atoms. The highest BCUT2D eigenvalue weighted by atomic mass is 16.6. The molecule has 1 aliphatic carbocycles. The summed E-state index contributed by atoms with van der Waals surface area (Å²) < 4.78 is 0. The smallest absolute Gasteiger partial charge is 0.272 e. The maximum absolute atomic E-state index is 10.8. The Kier molecular flexibility index (Phi) is 2.68. The fraction of sp³-hybridized carbons (Fsp3) is 0.500. The lowest BCUT2D eigenvalue weighted by atomic mass is 10.0. The lowest BCUT2D eigenvalue weighted by molar-refractivity contribution is -0.385. The second-order valence-corrected chi connectivity index (χ2v) is 4.59. The molecule has 0 unspecified atom stereocenters. The Morgan fingerprint density at radius 2 is 2.19 bits per heavy atom. The summed E-state index contributed by atoms with van der Waals surface area (Å²) in [6, 6.07) is 5.52. The summed E-state index contributed by atoms with van der Waals surface area (Å²) in [5.41, 5.74) is 2.19. The standard InChI is InChI=1S/C12H16N2O2/c1-9-3-4-10(7-11(9)14(15)16)8-12(13-2)5-6-12/h3-4,7,13H,5-6,8H2,1-2H3. The van der Waals surface area contributed by atoms with Gasteiger partial charge in [-0.3, -0.25) is 10.1 Å². The summed E-state index contributed by atoms with van der Waals surface area (Å²) in [6.45, 7) is 1.77. The van der Waals surface area contributed by atoms with Gasteiger partial charge in [-0.05, 0) is 38.8 Å². The van der Waals surface area contributed by atoms with Gasteiger partial charge in [-0.25, -0.2) is 0 Å². The van der Waals surface area contributed by atoms with Gasteiger partial charge >= 0.3 is 0 Å². The summed E-state index contributed by atoms with van der Waals surface area (Å²) in [7, 11) is 1.95. The van der Waals surface area contributed by atoms with Gasteiger partial charge in [0.15, 0.2) is 0 Å². The van der Waals surface area contributed by atoms with E-state index in [1.54, 1.807) is 13.0 Å². The first-order valence-electron chi connectivity index (χ1n) is 5.49. The Balaban J connectivity index is 2.23. The van der Waals surface area contributed by atoms with Crippen LogP contribution in [0.25, 0.3) is 0 Å². The molecule has 0 saturated heterocycles. The van der Waals surface area contributed by atoms with Crippen LogP contribution >= 0.6 is 0 Å². The van der Waals surface area contributed by atoms with Gasteiger partial charge in [0.2, 0.25) is 0 Å². The van der Waals surface area contributed by atoms with Gasteiger partial charge < -0.3 is 5.32 Å². The summed E-state index contributed by atoms with van der Waals surface area (Å²) in [5, 5.41) is 14.1. The molecular weight excluding hydrogens is 204 g/mol. The molecule has 1 N–H and O–H groups in total. The van der Waals surface area contributed by atoms with Crippen molar-refractivity contribution in [3.63, 3.8) is 0 Å². The minimum Gasteiger partial charge on any atom is -0.314 e. The molecule has 1 aromatic carbocycles. The SMILES string of the molecule is CNC1(Cc2ccc(C)c([N+](=O)[O-])c2)CC1. The predicted octanol–water partition coefficient (Wildman–Crippen LogP) is 2.20. The molecule has 1 aromatic rings. The molecule has 0 amide bonds. The van der Waals surface area contributed by atoms with Crippen LogP contribution in [0.15, 0.2) is 18.2 Å². The van der Waals surface area contributed by atoms with Crippen LogP contribution in [-0.2, 0) is 6.42 Å². The molecule has 1 fully saturated rings. The van der Waals surface area contributed by atoms with Crippen molar-refractivity contribution in [1.82, 2.24) is 5.32 Å². The molecule has 1 aliphatic rings. The van der Waals surface area contributed by atoms with Gasteiger partial charge in [-0.15, -0.1) is 0 Å². The third kappa shape index (κ3) is 2.07. The highest BCUT2D eigenvalue weighted by Gasteiger charge is 2.40. The van der Waals surface area contributed by atoms with Gasteiger partial charge in [-0.2, -0.15) is 0 Å². The van der Waals surface area contributed by atoms with E-state index in [0.717, 1.165) is 30.4 Å². The topological polar surface area (TPSA) is 55.2 Å². The predicted molar refractivity (Wildman–Crippen MR) is 62.6 cm³/mol. The van der Waals surface area contributed by atoms with Crippen LogP contribution in [0.2, 0.25) is 0 Å². The lowest BCUT2D eigenvalue weighted by Gasteiger charge is -2.13. The van der Waals surface area contributed by atoms with Crippen molar-refractivity contribution in [3.05, 3.63) is 39.4 Å². The van der Waals surface area contributed by atoms with Gasteiger partial charge in [0.25, 0.3) is 5.69 Å². The van der Waals surface area contributed by atoms with Crippen LogP contribution in [0.5, 0.6) is 0 Å². The molecule has 0 aromatic heterocycles. The zero-order valence-electron chi connectivity index (χ0n) is 9.62. The van der Waals surface area contributed by atoms with E-state index in [1.165, 1.54) is 0 Å². The molecule has 4 nitrogen and oxygen atoms in total. The van der Waals surface area contributed by atoms with Gasteiger partial charge in [0, 0.05) is 17.2 Å². The summed E-state index contributed by atoms with van der Waals surface area (Å²) in [4.78, 5) is 10.5. The number of nitrogens with one attached hydrogen (secondary N) is 1. The van der Waals surface area contributed by atoms with E-state index in [1.807, 2.05) is 19.2 Å². The number of nitro benzene ring substituents is 1. The number of rotatable bonds is 4. The Hall–Kier alpha value is -1.42. The van der Waals surface area contributed by atoms with Crippen LogP contribution < -0.4 is 5.32 Å². The number of hydrogen-bond acceptors (Lipinski definition) is 3. The van der Waals surface area contributed by atoms with E-state index in [9.17, 15) is 10.1 Å². The zero-order chi connectivity index (χ0) is 11.8. The van der Waals surface area contributed by atoms with Crippen molar-refractivity contribution in [3.8, 4) is 0 Å². The normalized spacial score (nSPS) is 17.1. The van der Waals surface area contributed by atoms with Crippen LogP contribution in [0.4, 0.5) is 5.69 Å². The number of likely N-dealkylation sites (N-methyl/N-ethyl adjacent to an activating group) is 1. The van der Waals surface area contributed by atoms with Gasteiger partial charge in [-0.1, -0.05) is 12.1 Å². The maximum Gasteiger partial charge on any atom is 0.272 e. The molecule has 0 heterocycles. The highest BCUT2D eigenvalue weighted by Crippen LogP contribution is 2.38. The fourth-order valence-corrected chi connectivity index (χ4v) is 2.02. The molecule has 0 spiro atoms. The molecule has 1 saturated carbocycles. The third-order valence-corrected chi connectivity index (χ3v) is 3.40. The second kappa shape index (κ2) is 3.87. The minimum absolute atomic E-state index is 0.198. The number of hydrogen-bond donors (Lipinski definition) is 1. The van der Waals surface area contributed by atoms with Crippen molar-refractivity contribution in [2.45, 2.75) is 31.7 Å². The number of nitrogens with zero attached hydrogens (tertiary/aromatic N) is 1. The first-order valence-corrected chi connectivity index (χ1v) is 5.49. The maximum atomic E-state index is 10.8. The van der Waals surface area contributed by atoms with E-state index in [4.69, 9.17) is 0 Å². The Labute approximate surface area is 94.8 Å². The van der Waals surface area contributed by atoms with Crippen LogP contribution in [0.3, 0.4) is 0 Å². The first-order chi connectivity index (χ1) is 7.56. The van der Waals surface area contributed by atoms with Crippen LogP contribution in [-0.4, -0.2) is 17.5 Å². The second-order valence-electron chi connectivity index (χ2n) is 4.59. The van der Waals surface area contributed by atoms with E-state index < -0.39 is 0 Å². The van der Waals surface area contributed by atoms with E-state index >= 15 is 0 Å². The van der Waals surface area contributed by atoms with Crippen LogP contribution in [0.1, 0.15) is 24.0 Å². The largest absolute Gasteiger partial charge is 0.314 e. The average molecular weight is 220 g/mol. The fourth-order valence-electron chi connectivity index (χ4n) is 2.02. The third-order valence-electron chi connectivity index (χ3n) is 3.40. The molecule has 4 heteroatoms. The highest BCUT2D eigenvalue weighted by molar-refractivity contribution is 5.43. The average Bonchev–Trinajstić information content (AvgIpc) is 3.01. The van der Waals surface area contributed by atoms with E-state index in [0.29, 0.717) is 0 Å². The van der Waals surface area contributed by atoms with Crippen LogP contribution in [0, 0.1) is 17.0 Å². The van der Waals surface area contributed by atoms with Crippen molar-refractivity contribution in [2.24, 2.45) is 0 Å². The molecule has 0 radical (unpaired) electrons. The Morgan fingerprint density at radius 1 is 1.50 bits per heavy atom. The monoisotopic (exact) mass is 220 g/mol. The van der Waals surface area contributed by atoms with E-state index in [-0.39, 0.29) is 16.1 Å². The minimum atomic E-state index is -0.308. The molecule has 16 heavy (non-hydrogen) atoms. The summed E-state index contributed by atoms with van der Waals surface area (Å²) in [5.74, 6) is 0. The summed E-state index contributed by atoms with van der Waals surface area (Å²) >= 11 is 0. The Bertz CT molecular complexity index is 425.